The van der Waals surface area contributed by atoms with Crippen molar-refractivity contribution in [2.45, 2.75) is 46.6 Å². The summed E-state index contributed by atoms with van der Waals surface area (Å²) >= 11 is 0. The van der Waals surface area contributed by atoms with Crippen LogP contribution < -0.4 is 0 Å². The van der Waals surface area contributed by atoms with E-state index in [1.807, 2.05) is 18.3 Å². The van der Waals surface area contributed by atoms with Gasteiger partial charge >= 0.3 is 0 Å². The zero-order valence-corrected chi connectivity index (χ0v) is 11.6. The second-order valence-electron chi connectivity index (χ2n) is 6.71. The van der Waals surface area contributed by atoms with E-state index in [0.717, 1.165) is 18.2 Å². The van der Waals surface area contributed by atoms with E-state index in [2.05, 4.69) is 31.8 Å². The van der Waals surface area contributed by atoms with Gasteiger partial charge in [-0.2, -0.15) is 0 Å². The van der Waals surface area contributed by atoms with Gasteiger partial charge in [0.2, 0.25) is 0 Å². The molecule has 0 aromatic carbocycles. The Morgan fingerprint density at radius 2 is 2.17 bits per heavy atom. The Kier molecular flexibility index (Phi) is 2.58. The van der Waals surface area contributed by atoms with Crippen LogP contribution in [0.25, 0.3) is 0 Å². The topological polar surface area (TPSA) is 25.2 Å². The molecular formula is C16H22N2. The molecule has 2 aliphatic carbocycles. The average molecular weight is 242 g/mol. The van der Waals surface area contributed by atoms with Crippen LogP contribution >= 0.6 is 0 Å². The first-order valence-corrected chi connectivity index (χ1v) is 6.98. The largest absolute Gasteiger partial charge is 0.287 e. The minimum absolute atomic E-state index is 0.293. The third kappa shape index (κ3) is 1.70. The van der Waals surface area contributed by atoms with Gasteiger partial charge in [-0.15, -0.1) is 0 Å². The molecule has 0 N–H and O–H groups in total. The van der Waals surface area contributed by atoms with Gasteiger partial charge in [0.1, 0.15) is 0 Å². The normalized spacial score (nSPS) is 35.3. The minimum Gasteiger partial charge on any atom is -0.287 e. The van der Waals surface area contributed by atoms with E-state index in [9.17, 15) is 0 Å². The second kappa shape index (κ2) is 3.91. The number of nitrogens with zero attached hydrogens (tertiary/aromatic N) is 2. The van der Waals surface area contributed by atoms with Crippen LogP contribution in [0, 0.1) is 16.7 Å². The van der Waals surface area contributed by atoms with Crippen molar-refractivity contribution >= 4 is 5.71 Å². The van der Waals surface area contributed by atoms with Crippen LogP contribution in [0.2, 0.25) is 0 Å². The molecule has 2 aliphatic rings. The summed E-state index contributed by atoms with van der Waals surface area (Å²) in [6.07, 6.45) is 5.89. The van der Waals surface area contributed by atoms with Gasteiger partial charge in [-0.1, -0.05) is 26.8 Å². The second-order valence-corrected chi connectivity index (χ2v) is 6.71. The molecule has 0 unspecified atom stereocenters. The van der Waals surface area contributed by atoms with E-state index in [4.69, 9.17) is 4.99 Å². The number of hydrogen-bond acceptors (Lipinski definition) is 2. The standard InChI is InChI=1S/C16H22N2/c1-15(2)12-7-8-16(3,10-12)14(15)18-11-13-6-4-5-9-17-13/h4-6,9,12H,7-8,10-11H2,1-3H3/t12-,16+/m0/s1. The first-order valence-electron chi connectivity index (χ1n) is 6.98. The molecule has 0 amide bonds. The molecule has 2 atom stereocenters. The fourth-order valence-corrected chi connectivity index (χ4v) is 4.09. The molecule has 0 radical (unpaired) electrons. The molecule has 1 heterocycles. The first-order chi connectivity index (χ1) is 8.52. The van der Waals surface area contributed by atoms with Crippen molar-refractivity contribution in [1.82, 2.24) is 4.98 Å². The Bertz CT molecular complexity index is 468. The molecule has 0 saturated heterocycles. The van der Waals surface area contributed by atoms with Crippen molar-refractivity contribution in [3.63, 3.8) is 0 Å². The lowest BCUT2D eigenvalue weighted by atomic mass is 9.71. The SMILES string of the molecule is CC1(C)C(=NCc2ccccn2)[C@]2(C)CC[C@H]1C2. The van der Waals surface area contributed by atoms with E-state index in [0.29, 0.717) is 10.8 Å². The maximum Gasteiger partial charge on any atom is 0.0811 e. The third-order valence-electron chi connectivity index (χ3n) is 5.07. The number of fused-ring (bicyclic) bond motifs is 2. The molecule has 2 nitrogen and oxygen atoms in total. The summed E-state index contributed by atoms with van der Waals surface area (Å²) in [5.41, 5.74) is 3.18. The number of pyridine rings is 1. The highest BCUT2D eigenvalue weighted by molar-refractivity contribution is 5.97. The highest BCUT2D eigenvalue weighted by atomic mass is 14.8. The minimum atomic E-state index is 0.293. The molecule has 2 bridgehead atoms. The number of rotatable bonds is 2. The number of hydrogen-bond donors (Lipinski definition) is 0. The van der Waals surface area contributed by atoms with E-state index in [-0.39, 0.29) is 0 Å². The quantitative estimate of drug-likeness (QED) is 0.773. The van der Waals surface area contributed by atoms with Crippen molar-refractivity contribution < 1.29 is 0 Å². The summed E-state index contributed by atoms with van der Waals surface area (Å²) in [5, 5.41) is 0. The lowest BCUT2D eigenvalue weighted by Crippen LogP contribution is -2.35. The van der Waals surface area contributed by atoms with Crippen LogP contribution in [-0.2, 0) is 6.54 Å². The van der Waals surface area contributed by atoms with Crippen LogP contribution in [0.5, 0.6) is 0 Å². The summed E-state index contributed by atoms with van der Waals surface area (Å²) in [4.78, 5) is 9.32. The van der Waals surface area contributed by atoms with Gasteiger partial charge in [-0.3, -0.25) is 9.98 Å². The van der Waals surface area contributed by atoms with Crippen molar-refractivity contribution in [2.24, 2.45) is 21.7 Å². The van der Waals surface area contributed by atoms with Crippen LogP contribution in [-0.4, -0.2) is 10.7 Å². The predicted octanol–water partition coefficient (Wildman–Crippen LogP) is 3.87. The van der Waals surface area contributed by atoms with Gasteiger partial charge in [0.25, 0.3) is 0 Å². The van der Waals surface area contributed by atoms with Gasteiger partial charge < -0.3 is 0 Å². The number of aliphatic imine (C=N–C) groups is 1. The Morgan fingerprint density at radius 1 is 1.33 bits per heavy atom. The van der Waals surface area contributed by atoms with Crippen molar-refractivity contribution in [2.75, 3.05) is 0 Å². The predicted molar refractivity (Wildman–Crippen MR) is 74.6 cm³/mol. The van der Waals surface area contributed by atoms with Crippen molar-refractivity contribution in [1.29, 1.82) is 0 Å². The lowest BCUT2D eigenvalue weighted by Gasteiger charge is -2.35. The molecule has 2 saturated carbocycles. The van der Waals surface area contributed by atoms with Crippen molar-refractivity contribution in [3.8, 4) is 0 Å². The Balaban J connectivity index is 1.87. The van der Waals surface area contributed by atoms with Crippen molar-refractivity contribution in [3.05, 3.63) is 30.1 Å². The molecule has 2 fully saturated rings. The Morgan fingerprint density at radius 3 is 2.78 bits per heavy atom. The van der Waals surface area contributed by atoms with Crippen LogP contribution in [0.1, 0.15) is 45.7 Å². The van der Waals surface area contributed by atoms with Gasteiger partial charge in [0.15, 0.2) is 0 Å². The maximum absolute atomic E-state index is 4.95. The lowest BCUT2D eigenvalue weighted by molar-refractivity contribution is 0.332. The Labute approximate surface area is 110 Å². The molecular weight excluding hydrogens is 220 g/mol. The van der Waals surface area contributed by atoms with E-state index in [1.165, 1.54) is 25.0 Å². The molecule has 96 valence electrons. The fourth-order valence-electron chi connectivity index (χ4n) is 4.09. The van der Waals surface area contributed by atoms with Gasteiger partial charge in [0.05, 0.1) is 12.2 Å². The average Bonchev–Trinajstić information content (AvgIpc) is 2.81. The smallest absolute Gasteiger partial charge is 0.0811 e. The summed E-state index contributed by atoms with van der Waals surface area (Å²) in [7, 11) is 0. The summed E-state index contributed by atoms with van der Waals surface area (Å²) in [5.74, 6) is 0.838. The highest BCUT2D eigenvalue weighted by Gasteiger charge is 2.56. The monoisotopic (exact) mass is 242 g/mol. The fraction of sp³-hybridized carbons (Fsp3) is 0.625. The summed E-state index contributed by atoms with van der Waals surface area (Å²) in [6.45, 7) is 7.89. The Hall–Kier alpha value is -1.18. The molecule has 1 aromatic rings. The molecule has 2 heteroatoms. The highest BCUT2D eigenvalue weighted by Crippen LogP contribution is 2.60. The van der Waals surface area contributed by atoms with E-state index >= 15 is 0 Å². The summed E-state index contributed by atoms with van der Waals surface area (Å²) < 4.78 is 0. The molecule has 1 aromatic heterocycles. The first kappa shape index (κ1) is 11.9. The van der Waals surface area contributed by atoms with Crippen LogP contribution in [0.15, 0.2) is 29.4 Å². The zero-order valence-electron chi connectivity index (χ0n) is 11.6. The molecule has 18 heavy (non-hydrogen) atoms. The number of aromatic nitrogens is 1. The third-order valence-corrected chi connectivity index (χ3v) is 5.07. The van der Waals surface area contributed by atoms with Crippen LogP contribution in [0.3, 0.4) is 0 Å². The maximum atomic E-state index is 4.95. The van der Waals surface area contributed by atoms with Gasteiger partial charge in [-0.05, 0) is 37.3 Å². The summed E-state index contributed by atoms with van der Waals surface area (Å²) in [6, 6.07) is 6.06. The molecule has 0 aliphatic heterocycles. The van der Waals surface area contributed by atoms with E-state index in [1.54, 1.807) is 0 Å². The van der Waals surface area contributed by atoms with Crippen LogP contribution in [0.4, 0.5) is 0 Å². The molecule has 3 rings (SSSR count). The van der Waals surface area contributed by atoms with Gasteiger partial charge in [0, 0.05) is 22.7 Å². The zero-order chi connectivity index (χ0) is 12.8. The van der Waals surface area contributed by atoms with Gasteiger partial charge in [-0.25, -0.2) is 0 Å². The van der Waals surface area contributed by atoms with E-state index < -0.39 is 0 Å². The molecule has 0 spiro atoms.